The van der Waals surface area contributed by atoms with Gasteiger partial charge in [0.1, 0.15) is 0 Å². The van der Waals surface area contributed by atoms with Gasteiger partial charge in [-0.15, -0.1) is 0 Å². The molecule has 0 amide bonds. The van der Waals surface area contributed by atoms with Gasteiger partial charge in [-0.05, 0) is 32.6 Å². The third kappa shape index (κ3) is 3.57. The van der Waals surface area contributed by atoms with E-state index >= 15 is 0 Å². The van der Waals surface area contributed by atoms with E-state index in [0.717, 1.165) is 25.4 Å². The Balaban J connectivity index is 1.72. The van der Waals surface area contributed by atoms with Crippen LogP contribution < -0.4 is 16.6 Å². The minimum atomic E-state index is 0.419. The lowest BCUT2D eigenvalue weighted by Crippen LogP contribution is -2.53. The van der Waals surface area contributed by atoms with E-state index in [9.17, 15) is 0 Å². The van der Waals surface area contributed by atoms with Crippen LogP contribution in [0.4, 0.5) is 0 Å². The van der Waals surface area contributed by atoms with Gasteiger partial charge in [-0.3, -0.25) is 5.43 Å². The number of hydrazine groups is 1. The maximum atomic E-state index is 5.53. The minimum Gasteiger partial charge on any atom is -0.378 e. The van der Waals surface area contributed by atoms with E-state index in [1.807, 2.05) is 6.92 Å². The van der Waals surface area contributed by atoms with Crippen LogP contribution in [0.25, 0.3) is 0 Å². The normalized spacial score (nSPS) is 30.1. The average Bonchev–Trinajstić information content (AvgIpc) is 2.77. The summed E-state index contributed by atoms with van der Waals surface area (Å²) >= 11 is 0. The summed E-state index contributed by atoms with van der Waals surface area (Å²) in [6.45, 7) is 2.84. The molecule has 5 heteroatoms. The van der Waals surface area contributed by atoms with Crippen molar-refractivity contribution in [2.45, 2.75) is 63.6 Å². The van der Waals surface area contributed by atoms with Crippen LogP contribution in [-0.2, 0) is 4.74 Å². The second-order valence-corrected chi connectivity index (χ2v) is 4.95. The number of nitrogens with one attached hydrogen (secondary N) is 2. The molecule has 0 aromatic heterocycles. The van der Waals surface area contributed by atoms with Crippen LogP contribution >= 0.6 is 0 Å². The zero-order valence-electron chi connectivity index (χ0n) is 10.6. The Hall–Kier alpha value is -0.810. The molecule has 0 aliphatic heterocycles. The van der Waals surface area contributed by atoms with Gasteiger partial charge < -0.3 is 10.1 Å². The molecule has 5 nitrogen and oxygen atoms in total. The molecule has 17 heavy (non-hydrogen) atoms. The van der Waals surface area contributed by atoms with Gasteiger partial charge in [0.05, 0.1) is 12.1 Å². The summed E-state index contributed by atoms with van der Waals surface area (Å²) in [5.74, 6) is 6.24. The standard InChI is InChI=1S/C12H24N4O/c1-2-17-11-7-10(8-11)15-12(16-13)14-9-5-3-4-6-9/h9-11H,2-8,13H2,1H3,(H2,14,15,16). The van der Waals surface area contributed by atoms with Crippen molar-refractivity contribution in [2.75, 3.05) is 6.61 Å². The Bertz CT molecular complexity index is 257. The molecular weight excluding hydrogens is 216 g/mol. The van der Waals surface area contributed by atoms with Crippen LogP contribution in [0.5, 0.6) is 0 Å². The summed E-state index contributed by atoms with van der Waals surface area (Å²) in [4.78, 5) is 4.62. The van der Waals surface area contributed by atoms with E-state index in [2.05, 4.69) is 15.7 Å². The first-order valence-corrected chi connectivity index (χ1v) is 6.74. The van der Waals surface area contributed by atoms with Gasteiger partial charge in [0, 0.05) is 12.6 Å². The molecule has 2 aliphatic rings. The molecule has 4 N–H and O–H groups in total. The number of ether oxygens (including phenoxy) is 1. The van der Waals surface area contributed by atoms with E-state index < -0.39 is 0 Å². The molecule has 0 radical (unpaired) electrons. The highest BCUT2D eigenvalue weighted by Crippen LogP contribution is 2.24. The summed E-state index contributed by atoms with van der Waals surface area (Å²) in [7, 11) is 0. The lowest BCUT2D eigenvalue weighted by atomic mass is 9.89. The fourth-order valence-corrected chi connectivity index (χ4v) is 2.58. The van der Waals surface area contributed by atoms with Crippen molar-refractivity contribution in [3.63, 3.8) is 0 Å². The van der Waals surface area contributed by atoms with Gasteiger partial charge in [0.15, 0.2) is 0 Å². The Kier molecular flexibility index (Phi) is 4.62. The molecule has 0 bridgehead atoms. The summed E-state index contributed by atoms with van der Waals surface area (Å²) in [6.07, 6.45) is 7.50. The summed E-state index contributed by atoms with van der Waals surface area (Å²) in [5.41, 5.74) is 2.67. The van der Waals surface area contributed by atoms with Crippen LogP contribution in [0.1, 0.15) is 45.4 Å². The van der Waals surface area contributed by atoms with Crippen molar-refractivity contribution >= 4 is 5.96 Å². The largest absolute Gasteiger partial charge is 0.378 e. The van der Waals surface area contributed by atoms with Crippen molar-refractivity contribution in [3.8, 4) is 0 Å². The van der Waals surface area contributed by atoms with Crippen molar-refractivity contribution in [1.82, 2.24) is 10.7 Å². The first-order valence-electron chi connectivity index (χ1n) is 6.74. The second kappa shape index (κ2) is 6.21. The van der Waals surface area contributed by atoms with Gasteiger partial charge in [0.2, 0.25) is 5.96 Å². The maximum absolute atomic E-state index is 5.53. The van der Waals surface area contributed by atoms with Crippen LogP contribution in [0.2, 0.25) is 0 Å². The monoisotopic (exact) mass is 240 g/mol. The lowest BCUT2D eigenvalue weighted by molar-refractivity contribution is -0.00580. The molecule has 2 rings (SSSR count). The van der Waals surface area contributed by atoms with E-state index in [0.29, 0.717) is 18.2 Å². The average molecular weight is 240 g/mol. The fraction of sp³-hybridized carbons (Fsp3) is 0.917. The van der Waals surface area contributed by atoms with E-state index in [1.165, 1.54) is 25.7 Å². The zero-order chi connectivity index (χ0) is 12.1. The molecule has 0 aromatic rings. The number of hydrogen-bond donors (Lipinski definition) is 3. The van der Waals surface area contributed by atoms with Crippen LogP contribution in [0, 0.1) is 0 Å². The van der Waals surface area contributed by atoms with E-state index in [-0.39, 0.29) is 0 Å². The van der Waals surface area contributed by atoms with E-state index in [1.54, 1.807) is 0 Å². The molecule has 0 atom stereocenters. The van der Waals surface area contributed by atoms with Gasteiger partial charge in [-0.2, -0.15) is 0 Å². The van der Waals surface area contributed by atoms with Crippen LogP contribution in [-0.4, -0.2) is 30.8 Å². The van der Waals surface area contributed by atoms with Crippen molar-refractivity contribution < 1.29 is 4.74 Å². The molecule has 0 saturated heterocycles. The van der Waals surface area contributed by atoms with Crippen molar-refractivity contribution in [1.29, 1.82) is 0 Å². The number of nitrogens with two attached hydrogens (primary N) is 1. The first-order chi connectivity index (χ1) is 8.31. The molecule has 0 unspecified atom stereocenters. The summed E-state index contributed by atoms with van der Waals surface area (Å²) < 4.78 is 5.53. The zero-order valence-corrected chi connectivity index (χ0v) is 10.6. The summed E-state index contributed by atoms with van der Waals surface area (Å²) in [5, 5.41) is 3.35. The highest BCUT2D eigenvalue weighted by atomic mass is 16.5. The number of guanidine groups is 1. The third-order valence-corrected chi connectivity index (χ3v) is 3.61. The number of aliphatic imine (C=N–C) groups is 1. The lowest BCUT2D eigenvalue weighted by Gasteiger charge is -2.36. The molecule has 0 spiro atoms. The van der Waals surface area contributed by atoms with Crippen molar-refractivity contribution in [3.05, 3.63) is 0 Å². The summed E-state index contributed by atoms with van der Waals surface area (Å²) in [6, 6.07) is 0.916. The molecule has 98 valence electrons. The van der Waals surface area contributed by atoms with Crippen LogP contribution in [0.3, 0.4) is 0 Å². The van der Waals surface area contributed by atoms with Crippen molar-refractivity contribution in [2.24, 2.45) is 10.8 Å². The predicted molar refractivity (Wildman–Crippen MR) is 68.6 cm³/mol. The Morgan fingerprint density at radius 1 is 1.35 bits per heavy atom. The molecule has 0 heterocycles. The quantitative estimate of drug-likeness (QED) is 0.295. The first kappa shape index (κ1) is 12.6. The molecule has 2 saturated carbocycles. The van der Waals surface area contributed by atoms with E-state index in [4.69, 9.17) is 10.6 Å². The third-order valence-electron chi connectivity index (χ3n) is 3.61. The Morgan fingerprint density at radius 2 is 2.06 bits per heavy atom. The highest BCUT2D eigenvalue weighted by Gasteiger charge is 2.30. The minimum absolute atomic E-state index is 0.419. The van der Waals surface area contributed by atoms with Gasteiger partial charge in [0.25, 0.3) is 0 Å². The van der Waals surface area contributed by atoms with Gasteiger partial charge in [-0.1, -0.05) is 12.8 Å². The fourth-order valence-electron chi connectivity index (χ4n) is 2.58. The number of hydrogen-bond acceptors (Lipinski definition) is 3. The molecular formula is C12H24N4O. The molecule has 2 aliphatic carbocycles. The molecule has 0 aromatic carbocycles. The Labute approximate surface area is 103 Å². The topological polar surface area (TPSA) is 71.7 Å². The highest BCUT2D eigenvalue weighted by molar-refractivity contribution is 5.79. The second-order valence-electron chi connectivity index (χ2n) is 4.95. The predicted octanol–water partition coefficient (Wildman–Crippen LogP) is 0.905. The maximum Gasteiger partial charge on any atom is 0.206 e. The van der Waals surface area contributed by atoms with Crippen LogP contribution in [0.15, 0.2) is 4.99 Å². The number of rotatable bonds is 4. The smallest absolute Gasteiger partial charge is 0.206 e. The molecule has 2 fully saturated rings. The van der Waals surface area contributed by atoms with Gasteiger partial charge >= 0.3 is 0 Å². The SMILES string of the molecule is CCOC1CC(NC(=NC2CCCC2)NN)C1. The van der Waals surface area contributed by atoms with Gasteiger partial charge in [-0.25, -0.2) is 10.8 Å². The Morgan fingerprint density at radius 3 is 2.65 bits per heavy atom. The number of nitrogens with zero attached hydrogens (tertiary/aromatic N) is 1.